The molecular formula is C14H22N2O2. The molecule has 0 fully saturated rings. The minimum Gasteiger partial charge on any atom is -0.478 e. The molecule has 0 saturated heterocycles. The summed E-state index contributed by atoms with van der Waals surface area (Å²) >= 11 is 0. The summed E-state index contributed by atoms with van der Waals surface area (Å²) in [6.45, 7) is 9.87. The third-order valence-electron chi connectivity index (χ3n) is 3.13. The van der Waals surface area contributed by atoms with Crippen LogP contribution in [0.1, 0.15) is 29.8 Å². The van der Waals surface area contributed by atoms with E-state index in [1.807, 2.05) is 13.0 Å². The number of rotatable bonds is 7. The van der Waals surface area contributed by atoms with Gasteiger partial charge in [0.05, 0.1) is 11.3 Å². The molecule has 0 radical (unpaired) electrons. The van der Waals surface area contributed by atoms with Crippen LogP contribution in [0.2, 0.25) is 0 Å². The molecule has 0 heterocycles. The van der Waals surface area contributed by atoms with E-state index in [1.165, 1.54) is 0 Å². The Hall–Kier alpha value is -1.55. The van der Waals surface area contributed by atoms with Crippen LogP contribution in [0.15, 0.2) is 18.2 Å². The number of carbonyl (C=O) groups is 1. The molecule has 4 nitrogen and oxygen atoms in total. The molecule has 4 heteroatoms. The van der Waals surface area contributed by atoms with Gasteiger partial charge in [-0.3, -0.25) is 0 Å². The Morgan fingerprint density at radius 2 is 2.00 bits per heavy atom. The number of carboxylic acids is 1. The number of hydrogen-bond acceptors (Lipinski definition) is 3. The summed E-state index contributed by atoms with van der Waals surface area (Å²) < 4.78 is 0. The molecule has 0 unspecified atom stereocenters. The second kappa shape index (κ2) is 7.01. The van der Waals surface area contributed by atoms with Crippen LogP contribution < -0.4 is 5.32 Å². The van der Waals surface area contributed by atoms with Crippen molar-refractivity contribution in [1.29, 1.82) is 0 Å². The van der Waals surface area contributed by atoms with Gasteiger partial charge in [0.2, 0.25) is 0 Å². The normalized spacial score (nSPS) is 10.7. The minimum absolute atomic E-state index is 0.342. The van der Waals surface area contributed by atoms with Gasteiger partial charge in [0.15, 0.2) is 0 Å². The molecule has 2 N–H and O–H groups in total. The Balaban J connectivity index is 2.69. The second-order valence-electron chi connectivity index (χ2n) is 4.26. The van der Waals surface area contributed by atoms with Crippen molar-refractivity contribution in [3.05, 3.63) is 29.3 Å². The van der Waals surface area contributed by atoms with E-state index in [-0.39, 0.29) is 0 Å². The fourth-order valence-corrected chi connectivity index (χ4v) is 1.96. The predicted molar refractivity (Wildman–Crippen MR) is 74.4 cm³/mol. The van der Waals surface area contributed by atoms with Gasteiger partial charge in [-0.1, -0.05) is 26.0 Å². The van der Waals surface area contributed by atoms with E-state index >= 15 is 0 Å². The van der Waals surface area contributed by atoms with Crippen LogP contribution in [0.25, 0.3) is 0 Å². The fourth-order valence-electron chi connectivity index (χ4n) is 1.96. The number of aryl methyl sites for hydroxylation is 1. The van der Waals surface area contributed by atoms with Gasteiger partial charge in [-0.05, 0) is 31.6 Å². The van der Waals surface area contributed by atoms with E-state index in [2.05, 4.69) is 24.1 Å². The number of anilines is 1. The van der Waals surface area contributed by atoms with Crippen molar-refractivity contribution in [2.75, 3.05) is 31.5 Å². The first kappa shape index (κ1) is 14.5. The van der Waals surface area contributed by atoms with Crippen LogP contribution in [0.5, 0.6) is 0 Å². The zero-order valence-corrected chi connectivity index (χ0v) is 11.4. The zero-order valence-electron chi connectivity index (χ0n) is 11.4. The fraction of sp³-hybridized carbons (Fsp3) is 0.500. The highest BCUT2D eigenvalue weighted by molar-refractivity contribution is 5.95. The van der Waals surface area contributed by atoms with E-state index in [1.54, 1.807) is 12.1 Å². The summed E-state index contributed by atoms with van der Waals surface area (Å²) in [4.78, 5) is 13.4. The van der Waals surface area contributed by atoms with Crippen LogP contribution in [0.4, 0.5) is 5.69 Å². The van der Waals surface area contributed by atoms with E-state index in [4.69, 9.17) is 5.11 Å². The summed E-state index contributed by atoms with van der Waals surface area (Å²) in [6, 6.07) is 5.33. The van der Waals surface area contributed by atoms with E-state index in [9.17, 15) is 4.79 Å². The first-order chi connectivity index (χ1) is 8.60. The quantitative estimate of drug-likeness (QED) is 0.780. The average molecular weight is 250 g/mol. The third-order valence-corrected chi connectivity index (χ3v) is 3.13. The number of aromatic carboxylic acids is 1. The molecule has 0 aliphatic carbocycles. The van der Waals surface area contributed by atoms with Gasteiger partial charge in [0.25, 0.3) is 0 Å². The monoisotopic (exact) mass is 250 g/mol. The number of nitrogens with zero attached hydrogens (tertiary/aromatic N) is 1. The highest BCUT2D eigenvalue weighted by atomic mass is 16.4. The zero-order chi connectivity index (χ0) is 13.5. The Bertz CT molecular complexity index is 401. The highest BCUT2D eigenvalue weighted by Gasteiger charge is 2.11. The largest absolute Gasteiger partial charge is 0.478 e. The van der Waals surface area contributed by atoms with Crippen molar-refractivity contribution in [2.45, 2.75) is 20.8 Å². The van der Waals surface area contributed by atoms with Crippen LogP contribution in [-0.4, -0.2) is 42.2 Å². The van der Waals surface area contributed by atoms with Crippen LogP contribution >= 0.6 is 0 Å². The lowest BCUT2D eigenvalue weighted by molar-refractivity contribution is 0.0698. The van der Waals surface area contributed by atoms with E-state index < -0.39 is 5.97 Å². The summed E-state index contributed by atoms with van der Waals surface area (Å²) in [6.07, 6.45) is 0. The maximum Gasteiger partial charge on any atom is 0.337 e. The topological polar surface area (TPSA) is 52.6 Å². The van der Waals surface area contributed by atoms with Gasteiger partial charge in [0.1, 0.15) is 0 Å². The van der Waals surface area contributed by atoms with Gasteiger partial charge in [-0.2, -0.15) is 0 Å². The molecule has 18 heavy (non-hydrogen) atoms. The van der Waals surface area contributed by atoms with Gasteiger partial charge < -0.3 is 15.3 Å². The molecule has 1 aromatic carbocycles. The van der Waals surface area contributed by atoms with Gasteiger partial charge in [0, 0.05) is 13.1 Å². The number of likely N-dealkylation sites (N-methyl/N-ethyl adjacent to an activating group) is 1. The number of hydrogen-bond donors (Lipinski definition) is 2. The molecule has 0 bridgehead atoms. The second-order valence-corrected chi connectivity index (χ2v) is 4.26. The summed E-state index contributed by atoms with van der Waals surface area (Å²) in [7, 11) is 0. The van der Waals surface area contributed by atoms with Crippen molar-refractivity contribution >= 4 is 11.7 Å². The van der Waals surface area contributed by atoms with Crippen molar-refractivity contribution in [3.8, 4) is 0 Å². The third kappa shape index (κ3) is 3.74. The first-order valence-corrected chi connectivity index (χ1v) is 6.39. The summed E-state index contributed by atoms with van der Waals surface area (Å²) in [5.41, 5.74) is 2.04. The molecule has 0 aliphatic heterocycles. The van der Waals surface area contributed by atoms with Gasteiger partial charge in [-0.25, -0.2) is 4.79 Å². The smallest absolute Gasteiger partial charge is 0.337 e. The van der Waals surface area contributed by atoms with Crippen LogP contribution in [-0.2, 0) is 0 Å². The van der Waals surface area contributed by atoms with Crippen molar-refractivity contribution in [2.24, 2.45) is 0 Å². The van der Waals surface area contributed by atoms with Crippen molar-refractivity contribution in [3.63, 3.8) is 0 Å². The molecule has 0 aliphatic rings. The maximum atomic E-state index is 11.1. The van der Waals surface area contributed by atoms with Gasteiger partial charge >= 0.3 is 5.97 Å². The lowest BCUT2D eigenvalue weighted by Gasteiger charge is -2.19. The lowest BCUT2D eigenvalue weighted by Crippen LogP contribution is -2.29. The molecule has 0 saturated carbocycles. The predicted octanol–water partition coefficient (Wildman–Crippen LogP) is 2.45. The standard InChI is InChI=1S/C14H22N2O2/c1-4-16(5-2)10-9-15-13-11(3)7-6-8-12(13)14(17)18/h6-8,15H,4-5,9-10H2,1-3H3,(H,17,18). The number of nitrogens with one attached hydrogen (secondary N) is 1. The van der Waals surface area contributed by atoms with E-state index in [0.717, 1.165) is 37.4 Å². The molecule has 0 spiro atoms. The average Bonchev–Trinajstić information content (AvgIpc) is 2.36. The number of para-hydroxylation sites is 1. The number of carboxylic acid groups (broad SMARTS) is 1. The van der Waals surface area contributed by atoms with Crippen LogP contribution in [0, 0.1) is 6.92 Å². The first-order valence-electron chi connectivity index (χ1n) is 6.39. The molecule has 0 amide bonds. The Labute approximate surface area is 109 Å². The Morgan fingerprint density at radius 1 is 1.33 bits per heavy atom. The van der Waals surface area contributed by atoms with Crippen molar-refractivity contribution in [1.82, 2.24) is 4.90 Å². The molecule has 1 aromatic rings. The Kier molecular flexibility index (Phi) is 5.65. The summed E-state index contributed by atoms with van der Waals surface area (Å²) in [5, 5.41) is 12.4. The Morgan fingerprint density at radius 3 is 2.56 bits per heavy atom. The van der Waals surface area contributed by atoms with Crippen LogP contribution in [0.3, 0.4) is 0 Å². The van der Waals surface area contributed by atoms with E-state index in [0.29, 0.717) is 5.56 Å². The molecule has 0 atom stereocenters. The molecule has 100 valence electrons. The number of benzene rings is 1. The minimum atomic E-state index is -0.885. The molecule has 0 aromatic heterocycles. The molecule has 1 rings (SSSR count). The SMILES string of the molecule is CCN(CC)CCNc1c(C)cccc1C(=O)O. The van der Waals surface area contributed by atoms with Gasteiger partial charge in [-0.15, -0.1) is 0 Å². The highest BCUT2D eigenvalue weighted by Crippen LogP contribution is 2.20. The van der Waals surface area contributed by atoms with Crippen molar-refractivity contribution < 1.29 is 9.90 Å². The summed E-state index contributed by atoms with van der Waals surface area (Å²) in [5.74, 6) is -0.885. The molecular weight excluding hydrogens is 228 g/mol. The maximum absolute atomic E-state index is 11.1. The lowest BCUT2D eigenvalue weighted by atomic mass is 10.1.